The monoisotopic (exact) mass is 332 g/mol. The Bertz CT molecular complexity index is 607. The van der Waals surface area contributed by atoms with Crippen molar-refractivity contribution >= 4 is 5.97 Å². The molecular formula is C20H28O4. The van der Waals surface area contributed by atoms with Crippen LogP contribution in [0.1, 0.15) is 46.0 Å². The van der Waals surface area contributed by atoms with E-state index >= 15 is 0 Å². The summed E-state index contributed by atoms with van der Waals surface area (Å²) in [5.74, 6) is 1.00. The lowest BCUT2D eigenvalue weighted by Crippen LogP contribution is -2.59. The van der Waals surface area contributed by atoms with E-state index in [2.05, 4.69) is 19.9 Å². The average Bonchev–Trinajstić information content (AvgIpc) is 3.02. The second-order valence-electron chi connectivity index (χ2n) is 8.50. The van der Waals surface area contributed by atoms with Gasteiger partial charge in [-0.2, -0.15) is 0 Å². The Kier molecular flexibility index (Phi) is 3.88. The van der Waals surface area contributed by atoms with Crippen molar-refractivity contribution < 1.29 is 19.4 Å². The molecule has 1 spiro atoms. The minimum atomic E-state index is -0.195. The molecule has 1 N–H and O–H groups in total. The van der Waals surface area contributed by atoms with E-state index in [0.717, 1.165) is 37.9 Å². The van der Waals surface area contributed by atoms with Gasteiger partial charge in [0.25, 0.3) is 0 Å². The van der Waals surface area contributed by atoms with Crippen molar-refractivity contribution in [3.63, 3.8) is 0 Å². The van der Waals surface area contributed by atoms with E-state index in [9.17, 15) is 9.90 Å². The number of aliphatic hydroxyl groups excluding tert-OH is 1. The molecule has 0 amide bonds. The fraction of sp³-hybridized carbons (Fsp3) is 0.750. The lowest BCUT2D eigenvalue weighted by molar-refractivity contribution is -0.164. The van der Waals surface area contributed by atoms with Gasteiger partial charge in [0, 0.05) is 11.5 Å². The molecule has 0 radical (unpaired) electrons. The van der Waals surface area contributed by atoms with E-state index in [0.29, 0.717) is 18.4 Å². The number of cyclic esters (lactones) is 1. The summed E-state index contributed by atoms with van der Waals surface area (Å²) in [5.41, 5.74) is 2.58. The molecule has 2 fully saturated rings. The zero-order valence-electron chi connectivity index (χ0n) is 14.7. The molecule has 5 rings (SSSR count). The first kappa shape index (κ1) is 16.3. The van der Waals surface area contributed by atoms with Crippen LogP contribution in [0.25, 0.3) is 0 Å². The van der Waals surface area contributed by atoms with Crippen molar-refractivity contribution in [1.29, 1.82) is 0 Å². The van der Waals surface area contributed by atoms with Crippen LogP contribution in [0.3, 0.4) is 0 Å². The van der Waals surface area contributed by atoms with Gasteiger partial charge in [-0.15, -0.1) is 0 Å². The second kappa shape index (κ2) is 5.70. The van der Waals surface area contributed by atoms with Crippen LogP contribution in [0.2, 0.25) is 0 Å². The number of carbonyl (C=O) groups is 1. The quantitative estimate of drug-likeness (QED) is 0.635. The number of hydrogen-bond donors (Lipinski definition) is 1. The van der Waals surface area contributed by atoms with Crippen molar-refractivity contribution in [2.24, 2.45) is 22.7 Å². The fourth-order valence-electron chi connectivity index (χ4n) is 5.78. The number of ether oxygens (including phenoxy) is 2. The molecule has 3 heterocycles. The highest BCUT2D eigenvalue weighted by Gasteiger charge is 2.59. The molecule has 3 aliphatic heterocycles. The first-order chi connectivity index (χ1) is 11.5. The van der Waals surface area contributed by atoms with Crippen molar-refractivity contribution in [3.8, 4) is 0 Å². The lowest BCUT2D eigenvalue weighted by Gasteiger charge is -2.62. The van der Waals surface area contributed by atoms with E-state index in [1.54, 1.807) is 6.08 Å². The van der Waals surface area contributed by atoms with E-state index in [1.807, 2.05) is 0 Å². The molecule has 5 atom stereocenters. The first-order valence-electron chi connectivity index (χ1n) is 9.28. The van der Waals surface area contributed by atoms with Gasteiger partial charge in [0.05, 0.1) is 19.3 Å². The van der Waals surface area contributed by atoms with Crippen molar-refractivity contribution in [2.45, 2.75) is 52.1 Å². The van der Waals surface area contributed by atoms with Crippen molar-refractivity contribution in [2.75, 3.05) is 19.8 Å². The zero-order chi connectivity index (χ0) is 16.9. The summed E-state index contributed by atoms with van der Waals surface area (Å²) < 4.78 is 11.1. The molecule has 0 aromatic heterocycles. The van der Waals surface area contributed by atoms with Gasteiger partial charge < -0.3 is 14.6 Å². The third-order valence-corrected chi connectivity index (χ3v) is 7.54. The Hall–Kier alpha value is -1.13. The molecule has 4 heteroatoms. The highest BCUT2D eigenvalue weighted by molar-refractivity contribution is 5.85. The van der Waals surface area contributed by atoms with E-state index in [1.165, 1.54) is 12.0 Å². The molecule has 24 heavy (non-hydrogen) atoms. The van der Waals surface area contributed by atoms with Gasteiger partial charge in [-0.25, -0.2) is 4.79 Å². The van der Waals surface area contributed by atoms with Crippen LogP contribution in [0.4, 0.5) is 0 Å². The molecule has 4 nitrogen and oxygen atoms in total. The standard InChI is InChI=1S/C20H28O4/c1-13-3-6-20-12-24-16(8-15(20)10-21)9-17(20)19(13,2)5-4-14-7-18(22)23-11-14/h7-8,13,16-17,21H,3-6,9-12H2,1-2H3/t13-,16+,17-,19+,20+/m0/s1. The molecule has 2 bridgehead atoms. The smallest absolute Gasteiger partial charge is 0.331 e. The number of carbonyl (C=O) groups excluding carboxylic acids is 1. The molecule has 2 aliphatic carbocycles. The minimum absolute atomic E-state index is 0.0289. The van der Waals surface area contributed by atoms with Crippen LogP contribution < -0.4 is 0 Å². The van der Waals surface area contributed by atoms with Gasteiger partial charge in [-0.05, 0) is 60.5 Å². The van der Waals surface area contributed by atoms with Crippen LogP contribution in [0.15, 0.2) is 23.3 Å². The summed E-state index contributed by atoms with van der Waals surface area (Å²) in [7, 11) is 0. The summed E-state index contributed by atoms with van der Waals surface area (Å²) in [6, 6.07) is 0. The van der Waals surface area contributed by atoms with Gasteiger partial charge in [0.15, 0.2) is 0 Å². The Labute approximate surface area is 143 Å². The maximum absolute atomic E-state index is 11.3. The zero-order valence-corrected chi connectivity index (χ0v) is 14.7. The molecule has 1 saturated carbocycles. The molecule has 5 aliphatic rings. The summed E-state index contributed by atoms with van der Waals surface area (Å²) >= 11 is 0. The topological polar surface area (TPSA) is 55.8 Å². The highest BCUT2D eigenvalue weighted by Crippen LogP contribution is 2.64. The predicted octanol–water partition coefficient (Wildman–Crippen LogP) is 3.01. The number of rotatable bonds is 4. The Balaban J connectivity index is 1.61. The lowest BCUT2D eigenvalue weighted by atomic mass is 9.45. The Morgan fingerprint density at radius 1 is 1.42 bits per heavy atom. The van der Waals surface area contributed by atoms with E-state index in [-0.39, 0.29) is 29.5 Å². The predicted molar refractivity (Wildman–Crippen MR) is 90.2 cm³/mol. The maximum atomic E-state index is 11.3. The van der Waals surface area contributed by atoms with Gasteiger partial charge in [-0.1, -0.05) is 19.9 Å². The van der Waals surface area contributed by atoms with Gasteiger partial charge in [0.1, 0.15) is 6.61 Å². The molecule has 1 saturated heterocycles. The molecule has 132 valence electrons. The third-order valence-electron chi connectivity index (χ3n) is 7.54. The van der Waals surface area contributed by atoms with Gasteiger partial charge in [-0.3, -0.25) is 0 Å². The Morgan fingerprint density at radius 2 is 2.25 bits per heavy atom. The summed E-state index contributed by atoms with van der Waals surface area (Å²) in [6.45, 7) is 6.20. The number of aliphatic hydroxyl groups is 1. The van der Waals surface area contributed by atoms with E-state index < -0.39 is 0 Å². The Morgan fingerprint density at radius 3 is 2.96 bits per heavy atom. The molecule has 0 unspecified atom stereocenters. The molecule has 0 aromatic rings. The summed E-state index contributed by atoms with van der Waals surface area (Å²) in [6.07, 6.45) is 9.39. The SMILES string of the molecule is C[C@H]1CC[C@@]23CO[C@H](C=C2CO)C[C@H]3[C@]1(C)CCC1=CC(=O)OC1. The summed E-state index contributed by atoms with van der Waals surface area (Å²) in [5, 5.41) is 9.93. The van der Waals surface area contributed by atoms with Crippen LogP contribution in [0, 0.1) is 22.7 Å². The van der Waals surface area contributed by atoms with Crippen molar-refractivity contribution in [3.05, 3.63) is 23.3 Å². The second-order valence-corrected chi connectivity index (χ2v) is 8.50. The molecule has 0 aromatic carbocycles. The van der Waals surface area contributed by atoms with Crippen LogP contribution in [0.5, 0.6) is 0 Å². The third kappa shape index (κ3) is 2.30. The van der Waals surface area contributed by atoms with Crippen molar-refractivity contribution in [1.82, 2.24) is 0 Å². The largest absolute Gasteiger partial charge is 0.458 e. The average molecular weight is 332 g/mol. The number of fused-ring (bicyclic) bond motifs is 1. The van der Waals surface area contributed by atoms with Gasteiger partial charge >= 0.3 is 5.97 Å². The maximum Gasteiger partial charge on any atom is 0.331 e. The first-order valence-corrected chi connectivity index (χ1v) is 9.28. The van der Waals surface area contributed by atoms with E-state index in [4.69, 9.17) is 9.47 Å². The van der Waals surface area contributed by atoms with Crippen LogP contribution >= 0.6 is 0 Å². The fourth-order valence-corrected chi connectivity index (χ4v) is 5.78. The minimum Gasteiger partial charge on any atom is -0.458 e. The van der Waals surface area contributed by atoms with Crippen LogP contribution in [-0.2, 0) is 14.3 Å². The normalized spacial score (nSPS) is 44.0. The number of hydrogen-bond acceptors (Lipinski definition) is 4. The van der Waals surface area contributed by atoms with Gasteiger partial charge in [0.2, 0.25) is 0 Å². The highest BCUT2D eigenvalue weighted by atomic mass is 16.5. The molecular weight excluding hydrogens is 304 g/mol. The summed E-state index contributed by atoms with van der Waals surface area (Å²) in [4.78, 5) is 11.3. The number of esters is 1. The van der Waals surface area contributed by atoms with Crippen LogP contribution in [-0.4, -0.2) is 37.0 Å².